The minimum absolute atomic E-state index is 0.269. The van der Waals surface area contributed by atoms with Crippen LogP contribution in [0.4, 0.5) is 10.5 Å². The molecular weight excluding hydrogens is 418 g/mol. The fourth-order valence-corrected chi connectivity index (χ4v) is 3.99. The van der Waals surface area contributed by atoms with Crippen LogP contribution in [0.15, 0.2) is 47.6 Å². The Hall–Kier alpha value is -3.36. The Balaban J connectivity index is 0.000000212. The lowest BCUT2D eigenvalue weighted by molar-refractivity contribution is 0.0957. The molecule has 160 valence electrons. The van der Waals surface area contributed by atoms with Crippen LogP contribution in [0.25, 0.3) is 10.9 Å². The fraction of sp³-hybridized carbons (Fsp3) is 0.227. The van der Waals surface area contributed by atoms with Gasteiger partial charge in [-0.25, -0.2) is 10.2 Å². The summed E-state index contributed by atoms with van der Waals surface area (Å²) >= 11 is 6.36. The van der Waals surface area contributed by atoms with E-state index in [2.05, 4.69) is 46.2 Å². The van der Waals surface area contributed by atoms with Crippen LogP contribution in [-0.2, 0) is 6.54 Å². The number of anilines is 1. The molecule has 1 aromatic heterocycles. The summed E-state index contributed by atoms with van der Waals surface area (Å²) in [6, 6.07) is 13.8. The number of rotatable bonds is 4. The molecule has 0 unspecified atom stereocenters. The van der Waals surface area contributed by atoms with E-state index < -0.39 is 12.0 Å². The van der Waals surface area contributed by atoms with Crippen molar-refractivity contribution < 1.29 is 14.7 Å². The number of amides is 2. The number of carboxylic acid groups (broad SMARTS) is 1. The number of nitrogens with zero attached hydrogens (tertiary/aromatic N) is 2. The van der Waals surface area contributed by atoms with Crippen LogP contribution in [0.1, 0.15) is 40.2 Å². The van der Waals surface area contributed by atoms with Crippen LogP contribution in [0.5, 0.6) is 0 Å². The molecule has 1 saturated carbocycles. The van der Waals surface area contributed by atoms with Gasteiger partial charge in [0.1, 0.15) is 5.15 Å². The third-order valence-electron chi connectivity index (χ3n) is 5.19. The zero-order valence-electron chi connectivity index (χ0n) is 16.6. The second-order valence-electron chi connectivity index (χ2n) is 7.38. The third-order valence-corrected chi connectivity index (χ3v) is 5.60. The molecular formula is C22H22ClN5O3. The summed E-state index contributed by atoms with van der Waals surface area (Å²) in [5.74, 6) is 0.474. The molecule has 2 heterocycles. The predicted octanol–water partition coefficient (Wildman–Crippen LogP) is 3.98. The predicted molar refractivity (Wildman–Crippen MR) is 121 cm³/mol. The van der Waals surface area contributed by atoms with Crippen molar-refractivity contribution in [1.82, 2.24) is 9.99 Å². The Morgan fingerprint density at radius 1 is 1.29 bits per heavy atom. The number of nitrogens with two attached hydrogens (primary N) is 1. The first-order valence-electron chi connectivity index (χ1n) is 9.93. The Kier molecular flexibility index (Phi) is 5.92. The van der Waals surface area contributed by atoms with Crippen molar-refractivity contribution in [3.8, 4) is 0 Å². The molecule has 1 fully saturated rings. The van der Waals surface area contributed by atoms with E-state index >= 15 is 0 Å². The maximum atomic E-state index is 12.1. The summed E-state index contributed by atoms with van der Waals surface area (Å²) in [6.07, 6.45) is 3.06. The number of halogens is 1. The van der Waals surface area contributed by atoms with E-state index in [0.29, 0.717) is 40.3 Å². The number of aromatic nitrogens is 1. The quantitative estimate of drug-likeness (QED) is 0.491. The van der Waals surface area contributed by atoms with Gasteiger partial charge in [-0.2, -0.15) is 5.10 Å². The molecule has 1 aliphatic carbocycles. The van der Waals surface area contributed by atoms with E-state index in [1.807, 2.05) is 0 Å². The zero-order valence-corrected chi connectivity index (χ0v) is 17.4. The molecule has 0 bridgehead atoms. The summed E-state index contributed by atoms with van der Waals surface area (Å²) < 4.78 is 1.73. The SMILES string of the molecule is NCCn1c(Cl)c2c3c(cc(NC(=O)O)cc31)C(=O)NN=C2.c1ccc(C2CC2)cc1. The van der Waals surface area contributed by atoms with E-state index in [4.69, 9.17) is 22.4 Å². The average molecular weight is 440 g/mol. The number of hydrogen-bond donors (Lipinski definition) is 4. The van der Waals surface area contributed by atoms with Gasteiger partial charge in [0.05, 0.1) is 17.3 Å². The summed E-state index contributed by atoms with van der Waals surface area (Å²) in [7, 11) is 0. The van der Waals surface area contributed by atoms with Gasteiger partial charge in [-0.15, -0.1) is 0 Å². The van der Waals surface area contributed by atoms with Crippen LogP contribution in [0, 0.1) is 0 Å². The lowest BCUT2D eigenvalue weighted by Crippen LogP contribution is -2.17. The van der Waals surface area contributed by atoms with Gasteiger partial charge in [-0.1, -0.05) is 41.9 Å². The minimum Gasteiger partial charge on any atom is -0.465 e. The number of carbonyl (C=O) groups excluding carboxylic acids is 1. The van der Waals surface area contributed by atoms with Crippen molar-refractivity contribution >= 4 is 46.4 Å². The summed E-state index contributed by atoms with van der Waals surface area (Å²) in [5, 5.41) is 16.0. The Bertz CT molecular complexity index is 1170. The largest absolute Gasteiger partial charge is 0.465 e. The first-order valence-corrected chi connectivity index (χ1v) is 10.3. The molecule has 2 aliphatic rings. The maximum Gasteiger partial charge on any atom is 0.409 e. The normalized spacial score (nSPS) is 14.5. The average Bonchev–Trinajstić information content (AvgIpc) is 3.58. The van der Waals surface area contributed by atoms with Gasteiger partial charge in [-0.05, 0) is 36.5 Å². The molecule has 5 N–H and O–H groups in total. The van der Waals surface area contributed by atoms with Crippen LogP contribution in [-0.4, -0.2) is 34.4 Å². The first kappa shape index (κ1) is 20.9. The van der Waals surface area contributed by atoms with Crippen molar-refractivity contribution in [3.05, 3.63) is 64.3 Å². The van der Waals surface area contributed by atoms with Crippen molar-refractivity contribution in [2.45, 2.75) is 25.3 Å². The molecule has 8 nitrogen and oxygen atoms in total. The van der Waals surface area contributed by atoms with E-state index in [9.17, 15) is 9.59 Å². The van der Waals surface area contributed by atoms with Crippen molar-refractivity contribution in [2.24, 2.45) is 10.8 Å². The number of hydrazone groups is 1. The van der Waals surface area contributed by atoms with Gasteiger partial charge in [0, 0.05) is 29.7 Å². The highest BCUT2D eigenvalue weighted by atomic mass is 35.5. The molecule has 9 heteroatoms. The number of benzene rings is 2. The molecule has 1 aliphatic heterocycles. The topological polar surface area (TPSA) is 122 Å². The highest BCUT2D eigenvalue weighted by Crippen LogP contribution is 2.39. The van der Waals surface area contributed by atoms with Crippen LogP contribution in [0.3, 0.4) is 0 Å². The van der Waals surface area contributed by atoms with E-state index in [1.165, 1.54) is 30.7 Å². The summed E-state index contributed by atoms with van der Waals surface area (Å²) in [4.78, 5) is 23.0. The Labute approximate surface area is 183 Å². The van der Waals surface area contributed by atoms with Crippen molar-refractivity contribution in [2.75, 3.05) is 11.9 Å². The molecule has 2 amide bonds. The minimum atomic E-state index is -1.22. The Morgan fingerprint density at radius 2 is 2.03 bits per heavy atom. The molecule has 5 rings (SSSR count). The standard InChI is InChI=1S/C13H12ClN5O3.C9H10/c14-11-8-5-16-18-12(20)7-3-6(17-13(21)22)4-9(10(7)8)19(11)2-1-15;1-2-4-8(5-3-1)9-6-7-9/h3-5,17H,1-2,15H2,(H,18,20)(H,21,22);1-5,9H,6-7H2. The van der Waals surface area contributed by atoms with Gasteiger partial charge < -0.3 is 15.4 Å². The Morgan fingerprint density at radius 3 is 2.68 bits per heavy atom. The molecule has 2 aromatic carbocycles. The molecule has 0 atom stereocenters. The van der Waals surface area contributed by atoms with Gasteiger partial charge in [0.2, 0.25) is 0 Å². The summed E-state index contributed by atoms with van der Waals surface area (Å²) in [5.41, 5.74) is 11.3. The monoisotopic (exact) mass is 439 g/mol. The highest BCUT2D eigenvalue weighted by molar-refractivity contribution is 6.35. The second kappa shape index (κ2) is 8.79. The number of hydrogen-bond acceptors (Lipinski definition) is 4. The van der Waals surface area contributed by atoms with E-state index in [1.54, 1.807) is 10.6 Å². The van der Waals surface area contributed by atoms with Crippen LogP contribution in [0.2, 0.25) is 5.15 Å². The summed E-state index contributed by atoms with van der Waals surface area (Å²) in [6.45, 7) is 0.777. The van der Waals surface area contributed by atoms with Gasteiger partial charge in [0.25, 0.3) is 5.91 Å². The van der Waals surface area contributed by atoms with Crippen molar-refractivity contribution in [3.63, 3.8) is 0 Å². The second-order valence-corrected chi connectivity index (χ2v) is 7.73. The number of carbonyl (C=O) groups is 2. The van der Waals surface area contributed by atoms with E-state index in [-0.39, 0.29) is 5.69 Å². The van der Waals surface area contributed by atoms with Crippen molar-refractivity contribution in [1.29, 1.82) is 0 Å². The molecule has 31 heavy (non-hydrogen) atoms. The van der Waals surface area contributed by atoms with Gasteiger partial charge >= 0.3 is 6.09 Å². The van der Waals surface area contributed by atoms with Crippen LogP contribution >= 0.6 is 11.6 Å². The lowest BCUT2D eigenvalue weighted by atomic mass is 10.1. The molecule has 0 saturated heterocycles. The number of nitrogens with one attached hydrogen (secondary N) is 2. The fourth-order valence-electron chi connectivity index (χ4n) is 3.67. The van der Waals surface area contributed by atoms with E-state index in [0.717, 1.165) is 5.92 Å². The molecule has 3 aromatic rings. The molecule has 0 radical (unpaired) electrons. The first-order chi connectivity index (χ1) is 15.0. The van der Waals surface area contributed by atoms with Crippen LogP contribution < -0.4 is 16.5 Å². The maximum absolute atomic E-state index is 12.1. The van der Waals surface area contributed by atoms with Gasteiger partial charge in [-0.3, -0.25) is 10.1 Å². The van der Waals surface area contributed by atoms with Gasteiger partial charge in [0.15, 0.2) is 0 Å². The zero-order chi connectivity index (χ0) is 22.0. The molecule has 0 spiro atoms. The highest BCUT2D eigenvalue weighted by Gasteiger charge is 2.24. The smallest absolute Gasteiger partial charge is 0.409 e. The third kappa shape index (κ3) is 4.40. The lowest BCUT2D eigenvalue weighted by Gasteiger charge is -2.09.